The van der Waals surface area contributed by atoms with Crippen LogP contribution in [0.4, 0.5) is 5.69 Å². The summed E-state index contributed by atoms with van der Waals surface area (Å²) in [5.74, 6) is 0.770. The molecule has 2 fully saturated rings. The van der Waals surface area contributed by atoms with E-state index >= 15 is 0 Å². The number of hydrogen-bond donors (Lipinski definition) is 1. The summed E-state index contributed by atoms with van der Waals surface area (Å²) < 4.78 is 0. The van der Waals surface area contributed by atoms with Gasteiger partial charge in [0.25, 0.3) is 0 Å². The molecule has 1 aliphatic heterocycles. The Morgan fingerprint density at radius 2 is 2.09 bits per heavy atom. The van der Waals surface area contributed by atoms with Gasteiger partial charge in [-0.3, -0.25) is 9.69 Å². The Labute approximate surface area is 142 Å². The van der Waals surface area contributed by atoms with Crippen molar-refractivity contribution in [1.82, 2.24) is 4.90 Å². The van der Waals surface area contributed by atoms with Crippen molar-refractivity contribution in [2.75, 3.05) is 18.4 Å². The number of nitriles is 1. The average Bonchev–Trinajstić information content (AvgIpc) is 2.55. The number of amides is 1. The van der Waals surface area contributed by atoms with Gasteiger partial charge in [-0.05, 0) is 56.3 Å². The van der Waals surface area contributed by atoms with Crippen LogP contribution in [0.5, 0.6) is 0 Å². The Morgan fingerprint density at radius 1 is 1.30 bits per heavy atom. The minimum Gasteiger partial charge on any atom is -0.325 e. The highest BCUT2D eigenvalue weighted by atomic mass is 35.5. The van der Waals surface area contributed by atoms with E-state index in [-0.39, 0.29) is 5.91 Å². The number of rotatable bonds is 3. The molecule has 0 radical (unpaired) electrons. The van der Waals surface area contributed by atoms with Crippen LogP contribution in [0.15, 0.2) is 18.2 Å². The summed E-state index contributed by atoms with van der Waals surface area (Å²) in [6.45, 7) is 1.46. The molecule has 1 amide bonds. The number of carbonyl (C=O) groups is 1. The van der Waals surface area contributed by atoms with Crippen LogP contribution in [-0.2, 0) is 4.79 Å². The highest BCUT2D eigenvalue weighted by Gasteiger charge is 2.33. The van der Waals surface area contributed by atoms with Gasteiger partial charge in [-0.25, -0.2) is 0 Å². The third kappa shape index (κ3) is 3.85. The molecule has 5 heteroatoms. The molecule has 1 heterocycles. The van der Waals surface area contributed by atoms with E-state index in [1.165, 1.54) is 38.5 Å². The normalized spacial score (nSPS) is 24.5. The maximum Gasteiger partial charge on any atom is 0.238 e. The number of likely N-dealkylation sites (tertiary alicyclic amines) is 1. The summed E-state index contributed by atoms with van der Waals surface area (Å²) >= 11 is 6.01. The Bertz CT molecular complexity index is 623. The summed E-state index contributed by atoms with van der Waals surface area (Å²) in [6.07, 6.45) is 7.66. The van der Waals surface area contributed by atoms with E-state index < -0.39 is 0 Å². The number of benzene rings is 1. The standard InChI is InChI=1S/C18H22ClN3O/c19-16-10-15(8-7-14(16)11-20)21-18(23)12-22-9-3-5-13-4-1-2-6-17(13)22/h7-8,10,13,17H,1-6,9,12H2,(H,21,23)/t13-,17+/m1/s1. The van der Waals surface area contributed by atoms with Crippen molar-refractivity contribution in [3.63, 3.8) is 0 Å². The molecule has 0 unspecified atom stereocenters. The van der Waals surface area contributed by atoms with Crippen LogP contribution in [0.2, 0.25) is 5.02 Å². The van der Waals surface area contributed by atoms with E-state index in [0.29, 0.717) is 28.9 Å². The molecule has 2 aliphatic rings. The van der Waals surface area contributed by atoms with E-state index in [1.807, 2.05) is 6.07 Å². The van der Waals surface area contributed by atoms with Crippen molar-refractivity contribution in [2.24, 2.45) is 5.92 Å². The highest BCUT2D eigenvalue weighted by Crippen LogP contribution is 2.35. The Hall–Kier alpha value is -1.57. The summed E-state index contributed by atoms with van der Waals surface area (Å²) in [5.41, 5.74) is 1.07. The largest absolute Gasteiger partial charge is 0.325 e. The van der Waals surface area contributed by atoms with Gasteiger partial charge in [-0.15, -0.1) is 0 Å². The summed E-state index contributed by atoms with van der Waals surface area (Å²) in [5, 5.41) is 12.2. The second-order valence-electron chi connectivity index (χ2n) is 6.58. The quantitative estimate of drug-likeness (QED) is 0.916. The van der Waals surface area contributed by atoms with E-state index in [1.54, 1.807) is 18.2 Å². The van der Waals surface area contributed by atoms with Crippen molar-refractivity contribution < 1.29 is 4.79 Å². The van der Waals surface area contributed by atoms with Crippen LogP contribution in [0.3, 0.4) is 0 Å². The molecule has 4 nitrogen and oxygen atoms in total. The molecular formula is C18H22ClN3O. The van der Waals surface area contributed by atoms with Crippen LogP contribution < -0.4 is 5.32 Å². The van der Waals surface area contributed by atoms with Crippen LogP contribution in [0.25, 0.3) is 0 Å². The first kappa shape index (κ1) is 16.3. The second kappa shape index (κ2) is 7.33. The average molecular weight is 332 g/mol. The molecule has 1 saturated heterocycles. The molecule has 0 aromatic heterocycles. The fourth-order valence-electron chi connectivity index (χ4n) is 3.99. The zero-order valence-corrected chi connectivity index (χ0v) is 14.0. The number of piperidine rings is 1. The first-order valence-corrected chi connectivity index (χ1v) is 8.78. The van der Waals surface area contributed by atoms with E-state index in [9.17, 15) is 4.79 Å². The molecule has 1 saturated carbocycles. The number of hydrogen-bond acceptors (Lipinski definition) is 3. The fourth-order valence-corrected chi connectivity index (χ4v) is 4.22. The predicted molar refractivity (Wildman–Crippen MR) is 91.3 cm³/mol. The number of carbonyl (C=O) groups excluding carboxylic acids is 1. The monoisotopic (exact) mass is 331 g/mol. The number of anilines is 1. The SMILES string of the molecule is N#Cc1ccc(NC(=O)CN2CCC[C@H]3CCCC[C@@H]32)cc1Cl. The number of halogens is 1. The minimum absolute atomic E-state index is 0.00278. The van der Waals surface area contributed by atoms with Crippen molar-refractivity contribution in [1.29, 1.82) is 5.26 Å². The lowest BCUT2D eigenvalue weighted by Crippen LogP contribution is -2.49. The van der Waals surface area contributed by atoms with Gasteiger partial charge in [0, 0.05) is 11.7 Å². The maximum absolute atomic E-state index is 12.4. The van der Waals surface area contributed by atoms with Crippen LogP contribution in [0, 0.1) is 17.2 Å². The zero-order valence-electron chi connectivity index (χ0n) is 13.2. The Morgan fingerprint density at radius 3 is 2.87 bits per heavy atom. The lowest BCUT2D eigenvalue weighted by molar-refractivity contribution is -0.118. The fraction of sp³-hybridized carbons (Fsp3) is 0.556. The molecule has 0 bridgehead atoms. The summed E-state index contributed by atoms with van der Waals surface area (Å²) in [7, 11) is 0. The molecule has 1 aromatic rings. The molecule has 122 valence electrons. The van der Waals surface area contributed by atoms with Gasteiger partial charge in [-0.2, -0.15) is 5.26 Å². The topological polar surface area (TPSA) is 56.1 Å². The molecular weight excluding hydrogens is 310 g/mol. The van der Waals surface area contributed by atoms with Gasteiger partial charge in [-0.1, -0.05) is 24.4 Å². The molecule has 23 heavy (non-hydrogen) atoms. The maximum atomic E-state index is 12.4. The van der Waals surface area contributed by atoms with Crippen LogP contribution in [0.1, 0.15) is 44.1 Å². The summed E-state index contributed by atoms with van der Waals surface area (Å²) in [4.78, 5) is 14.7. The van der Waals surface area contributed by atoms with Gasteiger partial charge >= 0.3 is 0 Å². The zero-order chi connectivity index (χ0) is 16.2. The summed E-state index contributed by atoms with van der Waals surface area (Å²) in [6, 6.07) is 7.59. The van der Waals surface area contributed by atoms with Crippen molar-refractivity contribution in [2.45, 2.75) is 44.6 Å². The van der Waals surface area contributed by atoms with E-state index in [4.69, 9.17) is 16.9 Å². The van der Waals surface area contributed by atoms with E-state index in [2.05, 4.69) is 10.2 Å². The van der Waals surface area contributed by atoms with Crippen molar-refractivity contribution in [3.8, 4) is 6.07 Å². The minimum atomic E-state index is -0.00278. The van der Waals surface area contributed by atoms with Gasteiger partial charge in [0.05, 0.1) is 17.1 Å². The first-order chi connectivity index (χ1) is 11.2. The molecule has 1 N–H and O–H groups in total. The lowest BCUT2D eigenvalue weighted by Gasteiger charge is -2.43. The third-order valence-electron chi connectivity index (χ3n) is 5.08. The predicted octanol–water partition coefficient (Wildman–Crippen LogP) is 3.80. The van der Waals surface area contributed by atoms with Gasteiger partial charge < -0.3 is 5.32 Å². The molecule has 3 rings (SSSR count). The molecule has 2 atom stereocenters. The molecule has 1 aromatic carbocycles. The van der Waals surface area contributed by atoms with Crippen LogP contribution in [-0.4, -0.2) is 29.9 Å². The second-order valence-corrected chi connectivity index (χ2v) is 6.99. The third-order valence-corrected chi connectivity index (χ3v) is 5.39. The Balaban J connectivity index is 1.60. The molecule has 0 spiro atoms. The number of fused-ring (bicyclic) bond motifs is 1. The van der Waals surface area contributed by atoms with E-state index in [0.717, 1.165) is 12.5 Å². The lowest BCUT2D eigenvalue weighted by atomic mass is 9.78. The Kier molecular flexibility index (Phi) is 5.20. The molecule has 1 aliphatic carbocycles. The highest BCUT2D eigenvalue weighted by molar-refractivity contribution is 6.32. The van der Waals surface area contributed by atoms with Crippen molar-refractivity contribution >= 4 is 23.2 Å². The van der Waals surface area contributed by atoms with Gasteiger partial charge in [0.15, 0.2) is 0 Å². The van der Waals surface area contributed by atoms with Crippen molar-refractivity contribution in [3.05, 3.63) is 28.8 Å². The smallest absolute Gasteiger partial charge is 0.238 e. The van der Waals surface area contributed by atoms with Gasteiger partial charge in [0.1, 0.15) is 6.07 Å². The number of nitrogens with zero attached hydrogens (tertiary/aromatic N) is 2. The number of nitrogens with one attached hydrogen (secondary N) is 1. The first-order valence-electron chi connectivity index (χ1n) is 8.41. The van der Waals surface area contributed by atoms with Gasteiger partial charge in [0.2, 0.25) is 5.91 Å². The van der Waals surface area contributed by atoms with Crippen LogP contribution >= 0.6 is 11.6 Å².